The molecule has 1 fully saturated rings. The third kappa shape index (κ3) is 5.77. The zero-order chi connectivity index (χ0) is 20.0. The van der Waals surface area contributed by atoms with Crippen LogP contribution in [0.15, 0.2) is 35.2 Å². The summed E-state index contributed by atoms with van der Waals surface area (Å²) in [6.07, 6.45) is 1.94. The maximum absolute atomic E-state index is 12.6. The summed E-state index contributed by atoms with van der Waals surface area (Å²) in [7, 11) is -3.67. The van der Waals surface area contributed by atoms with Gasteiger partial charge in [0.15, 0.2) is 6.10 Å². The van der Waals surface area contributed by atoms with E-state index in [-0.39, 0.29) is 35.9 Å². The van der Waals surface area contributed by atoms with Crippen LogP contribution in [-0.2, 0) is 24.3 Å². The molecule has 1 aliphatic heterocycles. The minimum atomic E-state index is -3.67. The average molecular weight is 397 g/mol. The molecule has 0 aliphatic carbocycles. The van der Waals surface area contributed by atoms with Crippen molar-refractivity contribution in [3.05, 3.63) is 30.3 Å². The average Bonchev–Trinajstić information content (AvgIpc) is 2.62. The van der Waals surface area contributed by atoms with E-state index in [1.54, 1.807) is 30.0 Å². The highest BCUT2D eigenvalue weighted by Gasteiger charge is 2.33. The highest BCUT2D eigenvalue weighted by molar-refractivity contribution is 7.89. The van der Waals surface area contributed by atoms with Gasteiger partial charge in [0.05, 0.1) is 11.3 Å². The molecule has 0 spiro atoms. The third-order valence-corrected chi connectivity index (χ3v) is 6.26. The molecule has 1 N–H and O–H groups in total. The van der Waals surface area contributed by atoms with E-state index in [0.717, 1.165) is 19.3 Å². The number of ether oxygens (including phenoxy) is 1. The van der Waals surface area contributed by atoms with Crippen molar-refractivity contribution in [2.24, 2.45) is 0 Å². The van der Waals surface area contributed by atoms with Gasteiger partial charge in [-0.3, -0.25) is 9.59 Å². The topological polar surface area (TPSA) is 92.8 Å². The molecule has 8 heteroatoms. The van der Waals surface area contributed by atoms with Crippen LogP contribution in [0.5, 0.6) is 0 Å². The number of hydrogen-bond donors (Lipinski definition) is 1. The lowest BCUT2D eigenvalue weighted by Gasteiger charge is -2.40. The Bertz CT molecular complexity index is 741. The van der Waals surface area contributed by atoms with Gasteiger partial charge in [-0.05, 0) is 52.2 Å². The number of carbonyl (C=O) groups is 2. The SMILES string of the molecule is C[C@H](OC(=O)CCNS(=O)(=O)c1ccccc1)C(=O)N1[C@@H](C)CCC[C@@H]1C. The van der Waals surface area contributed by atoms with Gasteiger partial charge >= 0.3 is 5.97 Å². The van der Waals surface area contributed by atoms with Crippen molar-refractivity contribution in [2.45, 2.75) is 69.5 Å². The predicted molar refractivity (Wildman–Crippen MR) is 101 cm³/mol. The monoisotopic (exact) mass is 396 g/mol. The number of nitrogens with zero attached hydrogens (tertiary/aromatic N) is 1. The molecule has 0 unspecified atom stereocenters. The number of benzene rings is 1. The molecule has 0 saturated carbocycles. The number of hydrogen-bond acceptors (Lipinski definition) is 5. The second-order valence-corrected chi connectivity index (χ2v) is 8.73. The lowest BCUT2D eigenvalue weighted by molar-refractivity contribution is -0.162. The number of esters is 1. The molecule has 0 radical (unpaired) electrons. The van der Waals surface area contributed by atoms with Gasteiger partial charge in [0.25, 0.3) is 5.91 Å². The van der Waals surface area contributed by atoms with Gasteiger partial charge in [0, 0.05) is 18.6 Å². The van der Waals surface area contributed by atoms with Crippen molar-refractivity contribution < 1.29 is 22.7 Å². The fraction of sp³-hybridized carbons (Fsp3) is 0.579. The molecule has 0 aromatic heterocycles. The Morgan fingerprint density at radius 1 is 1.19 bits per heavy atom. The maximum Gasteiger partial charge on any atom is 0.307 e. The molecule has 27 heavy (non-hydrogen) atoms. The summed E-state index contributed by atoms with van der Waals surface area (Å²) in [6.45, 7) is 5.47. The molecular formula is C19H28N2O5S. The Morgan fingerprint density at radius 3 is 2.37 bits per heavy atom. The normalized spacial score (nSPS) is 21.5. The number of piperidine rings is 1. The van der Waals surface area contributed by atoms with Crippen LogP contribution < -0.4 is 4.72 Å². The molecule has 2 rings (SSSR count). The smallest absolute Gasteiger partial charge is 0.307 e. The van der Waals surface area contributed by atoms with E-state index >= 15 is 0 Å². The fourth-order valence-electron chi connectivity index (χ4n) is 3.34. The quantitative estimate of drug-likeness (QED) is 0.712. The van der Waals surface area contributed by atoms with E-state index in [1.165, 1.54) is 12.1 Å². The van der Waals surface area contributed by atoms with Gasteiger partial charge in [0.2, 0.25) is 10.0 Å². The van der Waals surface area contributed by atoms with Gasteiger partial charge in [-0.15, -0.1) is 0 Å². The summed E-state index contributed by atoms with van der Waals surface area (Å²) in [6, 6.07) is 8.17. The lowest BCUT2D eigenvalue weighted by atomic mass is 9.97. The van der Waals surface area contributed by atoms with Crippen LogP contribution in [0.1, 0.15) is 46.5 Å². The molecule has 1 amide bonds. The summed E-state index contributed by atoms with van der Waals surface area (Å²) < 4.78 is 31.8. The van der Waals surface area contributed by atoms with Crippen molar-refractivity contribution in [3.63, 3.8) is 0 Å². The first-order valence-electron chi connectivity index (χ1n) is 9.28. The van der Waals surface area contributed by atoms with E-state index in [1.807, 2.05) is 13.8 Å². The summed E-state index contributed by atoms with van der Waals surface area (Å²) in [5.74, 6) is -0.808. The molecule has 1 aromatic rings. The summed E-state index contributed by atoms with van der Waals surface area (Å²) >= 11 is 0. The first-order valence-corrected chi connectivity index (χ1v) is 10.8. The highest BCUT2D eigenvalue weighted by atomic mass is 32.2. The van der Waals surface area contributed by atoms with Crippen LogP contribution in [0.25, 0.3) is 0 Å². The van der Waals surface area contributed by atoms with Gasteiger partial charge in [0.1, 0.15) is 0 Å². The van der Waals surface area contributed by atoms with Crippen LogP contribution >= 0.6 is 0 Å². The zero-order valence-corrected chi connectivity index (χ0v) is 16.9. The molecule has 1 aromatic carbocycles. The van der Waals surface area contributed by atoms with Crippen molar-refractivity contribution >= 4 is 21.9 Å². The van der Waals surface area contributed by atoms with E-state index in [0.29, 0.717) is 0 Å². The van der Waals surface area contributed by atoms with Gasteiger partial charge < -0.3 is 9.64 Å². The van der Waals surface area contributed by atoms with E-state index in [9.17, 15) is 18.0 Å². The molecule has 7 nitrogen and oxygen atoms in total. The van der Waals surface area contributed by atoms with Crippen molar-refractivity contribution in [1.82, 2.24) is 9.62 Å². The van der Waals surface area contributed by atoms with E-state index in [4.69, 9.17) is 4.74 Å². The van der Waals surface area contributed by atoms with Crippen LogP contribution in [0, 0.1) is 0 Å². The van der Waals surface area contributed by atoms with Crippen LogP contribution in [0.2, 0.25) is 0 Å². The summed E-state index contributed by atoms with van der Waals surface area (Å²) in [5.41, 5.74) is 0. The number of nitrogens with one attached hydrogen (secondary N) is 1. The van der Waals surface area contributed by atoms with Crippen LogP contribution in [0.3, 0.4) is 0 Å². The number of rotatable bonds is 7. The summed E-state index contributed by atoms with van der Waals surface area (Å²) in [5, 5.41) is 0. The molecule has 1 heterocycles. The Labute approximate surface area is 161 Å². The molecular weight excluding hydrogens is 368 g/mol. The van der Waals surface area contributed by atoms with E-state index in [2.05, 4.69) is 4.72 Å². The Balaban J connectivity index is 1.82. The Hall–Kier alpha value is -1.93. The number of carbonyl (C=O) groups excluding carboxylic acids is 2. The molecule has 1 saturated heterocycles. The minimum Gasteiger partial charge on any atom is -0.452 e. The maximum atomic E-state index is 12.6. The Morgan fingerprint density at radius 2 is 1.78 bits per heavy atom. The highest BCUT2D eigenvalue weighted by Crippen LogP contribution is 2.23. The first kappa shape index (κ1) is 21.4. The zero-order valence-electron chi connectivity index (χ0n) is 16.1. The minimum absolute atomic E-state index is 0.0898. The Kier molecular flexibility index (Phi) is 7.38. The van der Waals surface area contributed by atoms with Gasteiger partial charge in [-0.25, -0.2) is 13.1 Å². The second kappa shape index (κ2) is 9.32. The molecule has 150 valence electrons. The standard InChI is InChI=1S/C19H28N2O5S/c1-14-8-7-9-15(2)21(14)19(23)16(3)26-18(22)12-13-20-27(24,25)17-10-5-4-6-11-17/h4-6,10-11,14-16,20H,7-9,12-13H2,1-3H3/t14-,15-,16-/m0/s1. The van der Waals surface area contributed by atoms with Gasteiger partial charge in [-0.2, -0.15) is 0 Å². The lowest BCUT2D eigenvalue weighted by Crippen LogP contribution is -2.51. The first-order chi connectivity index (χ1) is 12.7. The van der Waals surface area contributed by atoms with Crippen LogP contribution in [-0.4, -0.2) is 49.9 Å². The number of sulfonamides is 1. The summed E-state index contributed by atoms with van der Waals surface area (Å²) in [4.78, 5) is 26.5. The number of likely N-dealkylation sites (tertiary alicyclic amines) is 1. The molecule has 1 aliphatic rings. The van der Waals surface area contributed by atoms with Crippen LogP contribution in [0.4, 0.5) is 0 Å². The second-order valence-electron chi connectivity index (χ2n) is 6.97. The van der Waals surface area contributed by atoms with Crippen molar-refractivity contribution in [3.8, 4) is 0 Å². The molecule has 0 bridgehead atoms. The van der Waals surface area contributed by atoms with E-state index < -0.39 is 22.1 Å². The number of amides is 1. The fourth-order valence-corrected chi connectivity index (χ4v) is 4.40. The molecule has 3 atom stereocenters. The van der Waals surface area contributed by atoms with Crippen molar-refractivity contribution in [2.75, 3.05) is 6.54 Å². The van der Waals surface area contributed by atoms with Crippen molar-refractivity contribution in [1.29, 1.82) is 0 Å². The predicted octanol–water partition coefficient (Wildman–Crippen LogP) is 2.08. The van der Waals surface area contributed by atoms with Gasteiger partial charge in [-0.1, -0.05) is 18.2 Å². The third-order valence-electron chi connectivity index (χ3n) is 4.78. The largest absolute Gasteiger partial charge is 0.452 e.